The predicted molar refractivity (Wildman–Crippen MR) is 89.6 cm³/mol. The molecule has 0 atom stereocenters. The van der Waals surface area contributed by atoms with Gasteiger partial charge in [-0.1, -0.05) is 23.8 Å². The van der Waals surface area contributed by atoms with E-state index in [0.29, 0.717) is 12.2 Å². The molecule has 0 aromatic heterocycles. The minimum absolute atomic E-state index is 0.125. The summed E-state index contributed by atoms with van der Waals surface area (Å²) in [7, 11) is 1.78. The highest BCUT2D eigenvalue weighted by molar-refractivity contribution is 5.94. The Bertz CT molecular complexity index is 772. The van der Waals surface area contributed by atoms with Crippen molar-refractivity contribution in [1.29, 1.82) is 0 Å². The molecule has 0 saturated heterocycles. The normalized spacial score (nSPS) is 10.4. The number of nitro groups is 1. The molecule has 0 radical (unpaired) electrons. The molecule has 2 N–H and O–H groups in total. The van der Waals surface area contributed by atoms with Gasteiger partial charge in [-0.2, -0.15) is 0 Å². The third-order valence-electron chi connectivity index (χ3n) is 3.77. The minimum Gasteiger partial charge on any atom is -0.366 e. The van der Waals surface area contributed by atoms with Gasteiger partial charge in [0.25, 0.3) is 5.69 Å². The van der Waals surface area contributed by atoms with Crippen LogP contribution < -0.4 is 10.6 Å². The third kappa shape index (κ3) is 3.66. The fourth-order valence-corrected chi connectivity index (χ4v) is 2.51. The smallest absolute Gasteiger partial charge is 0.293 e. The van der Waals surface area contributed by atoms with Gasteiger partial charge in [0.15, 0.2) is 0 Å². The maximum absolute atomic E-state index is 11.3. The van der Waals surface area contributed by atoms with Gasteiger partial charge in [0.05, 0.1) is 4.92 Å². The van der Waals surface area contributed by atoms with Crippen LogP contribution in [0.15, 0.2) is 36.4 Å². The summed E-state index contributed by atoms with van der Waals surface area (Å²) >= 11 is 0. The molecule has 0 bridgehead atoms. The van der Waals surface area contributed by atoms with Crippen LogP contribution in [0.4, 0.5) is 11.4 Å². The van der Waals surface area contributed by atoms with Crippen LogP contribution in [0, 0.1) is 24.0 Å². The number of carbonyl (C=O) groups is 1. The van der Waals surface area contributed by atoms with Crippen LogP contribution >= 0.6 is 0 Å². The van der Waals surface area contributed by atoms with Crippen LogP contribution in [-0.4, -0.2) is 17.9 Å². The number of anilines is 1. The zero-order chi connectivity index (χ0) is 17.1. The first-order chi connectivity index (χ1) is 10.8. The van der Waals surface area contributed by atoms with E-state index in [1.807, 2.05) is 26.0 Å². The van der Waals surface area contributed by atoms with E-state index in [1.165, 1.54) is 17.7 Å². The van der Waals surface area contributed by atoms with Crippen molar-refractivity contribution in [3.05, 3.63) is 68.8 Å². The highest BCUT2D eigenvalue weighted by atomic mass is 16.6. The molecule has 0 fully saturated rings. The number of nitro benzene ring substituents is 1. The topological polar surface area (TPSA) is 89.5 Å². The summed E-state index contributed by atoms with van der Waals surface area (Å²) in [6.07, 6.45) is 0. The van der Waals surface area contributed by atoms with Crippen molar-refractivity contribution in [2.75, 3.05) is 11.9 Å². The first-order valence-corrected chi connectivity index (χ1v) is 7.15. The largest absolute Gasteiger partial charge is 0.366 e. The Hall–Kier alpha value is -2.89. The van der Waals surface area contributed by atoms with Crippen LogP contribution in [0.25, 0.3) is 0 Å². The van der Waals surface area contributed by atoms with Gasteiger partial charge in [0.1, 0.15) is 5.69 Å². The molecule has 120 valence electrons. The molecule has 0 saturated carbocycles. The number of aryl methyl sites for hydroxylation is 2. The van der Waals surface area contributed by atoms with Crippen LogP contribution in [0.5, 0.6) is 0 Å². The zero-order valence-electron chi connectivity index (χ0n) is 13.4. The summed E-state index contributed by atoms with van der Waals surface area (Å²) in [4.78, 5) is 23.8. The van der Waals surface area contributed by atoms with Crippen LogP contribution in [0.2, 0.25) is 0 Å². The molecule has 0 aliphatic carbocycles. The Balaban J connectivity index is 2.36. The standard InChI is InChI=1S/C17H19N3O3/c1-11-4-5-14(12(2)8-11)10-19(3)15-7-6-13(17(18)21)9-16(15)20(22)23/h4-9H,10H2,1-3H3,(H2,18,21). The molecule has 0 spiro atoms. The summed E-state index contributed by atoms with van der Waals surface area (Å²) in [5.41, 5.74) is 9.02. The van der Waals surface area contributed by atoms with Gasteiger partial charge in [0, 0.05) is 25.2 Å². The second-order valence-corrected chi connectivity index (χ2v) is 5.61. The number of nitrogens with two attached hydrogens (primary N) is 1. The molecule has 0 unspecified atom stereocenters. The lowest BCUT2D eigenvalue weighted by molar-refractivity contribution is -0.384. The molecule has 2 rings (SSSR count). The lowest BCUT2D eigenvalue weighted by atomic mass is 10.0. The first kappa shape index (κ1) is 16.5. The van der Waals surface area contributed by atoms with Crippen molar-refractivity contribution in [2.45, 2.75) is 20.4 Å². The van der Waals surface area contributed by atoms with E-state index in [1.54, 1.807) is 18.0 Å². The first-order valence-electron chi connectivity index (χ1n) is 7.15. The number of carbonyl (C=O) groups excluding carboxylic acids is 1. The monoisotopic (exact) mass is 313 g/mol. The SMILES string of the molecule is Cc1ccc(CN(C)c2ccc(C(N)=O)cc2[N+](=O)[O-])c(C)c1. The average molecular weight is 313 g/mol. The Kier molecular flexibility index (Phi) is 4.64. The van der Waals surface area contributed by atoms with Crippen molar-refractivity contribution >= 4 is 17.3 Å². The quantitative estimate of drug-likeness (QED) is 0.679. The molecule has 0 aliphatic heterocycles. The Morgan fingerprint density at radius 1 is 1.22 bits per heavy atom. The average Bonchev–Trinajstić information content (AvgIpc) is 2.49. The maximum Gasteiger partial charge on any atom is 0.293 e. The van der Waals surface area contributed by atoms with Crippen molar-refractivity contribution in [3.63, 3.8) is 0 Å². The van der Waals surface area contributed by atoms with Crippen molar-refractivity contribution in [1.82, 2.24) is 0 Å². The summed E-state index contributed by atoms with van der Waals surface area (Å²) in [5, 5.41) is 11.3. The molecule has 2 aromatic carbocycles. The van der Waals surface area contributed by atoms with Gasteiger partial charge in [-0.25, -0.2) is 0 Å². The molecule has 23 heavy (non-hydrogen) atoms. The number of nitrogens with zero attached hydrogens (tertiary/aromatic N) is 2. The minimum atomic E-state index is -0.684. The summed E-state index contributed by atoms with van der Waals surface area (Å²) in [5.74, 6) is -0.684. The third-order valence-corrected chi connectivity index (χ3v) is 3.77. The lowest BCUT2D eigenvalue weighted by Crippen LogP contribution is -2.19. The van der Waals surface area contributed by atoms with E-state index >= 15 is 0 Å². The van der Waals surface area contributed by atoms with Crippen molar-refractivity contribution in [2.24, 2.45) is 5.73 Å². The van der Waals surface area contributed by atoms with Crippen LogP contribution in [-0.2, 0) is 6.54 Å². The number of amides is 1. The number of benzene rings is 2. The van der Waals surface area contributed by atoms with Crippen LogP contribution in [0.3, 0.4) is 0 Å². The van der Waals surface area contributed by atoms with Gasteiger partial charge < -0.3 is 10.6 Å². The second-order valence-electron chi connectivity index (χ2n) is 5.61. The van der Waals surface area contributed by atoms with Gasteiger partial charge in [-0.05, 0) is 37.1 Å². The molecule has 1 amide bonds. The fourth-order valence-electron chi connectivity index (χ4n) is 2.51. The second kappa shape index (κ2) is 6.48. The Morgan fingerprint density at radius 2 is 1.91 bits per heavy atom. The molecule has 0 aliphatic rings. The predicted octanol–water partition coefficient (Wildman–Crippen LogP) is 2.95. The van der Waals surface area contributed by atoms with Crippen molar-refractivity contribution < 1.29 is 9.72 Å². The molecular weight excluding hydrogens is 294 g/mol. The Labute approximate surface area is 134 Å². The van der Waals surface area contributed by atoms with E-state index in [0.717, 1.165) is 11.1 Å². The lowest BCUT2D eigenvalue weighted by Gasteiger charge is -2.21. The molecule has 2 aromatic rings. The Morgan fingerprint density at radius 3 is 2.48 bits per heavy atom. The zero-order valence-corrected chi connectivity index (χ0v) is 13.4. The number of rotatable bonds is 5. The summed E-state index contributed by atoms with van der Waals surface area (Å²) < 4.78 is 0. The van der Waals surface area contributed by atoms with E-state index in [-0.39, 0.29) is 11.3 Å². The molecule has 0 heterocycles. The molecule has 6 nitrogen and oxygen atoms in total. The summed E-state index contributed by atoms with van der Waals surface area (Å²) in [6, 6.07) is 10.4. The summed E-state index contributed by atoms with van der Waals surface area (Å²) in [6.45, 7) is 4.57. The van der Waals surface area contributed by atoms with Gasteiger partial charge in [-0.15, -0.1) is 0 Å². The van der Waals surface area contributed by atoms with Gasteiger partial charge >= 0.3 is 0 Å². The fraction of sp³-hybridized carbons (Fsp3) is 0.235. The number of hydrogen-bond donors (Lipinski definition) is 1. The van der Waals surface area contributed by atoms with E-state index in [2.05, 4.69) is 6.07 Å². The molecule has 6 heteroatoms. The highest BCUT2D eigenvalue weighted by Gasteiger charge is 2.19. The van der Waals surface area contributed by atoms with E-state index in [4.69, 9.17) is 5.73 Å². The number of primary amides is 1. The van der Waals surface area contributed by atoms with Crippen molar-refractivity contribution in [3.8, 4) is 0 Å². The molecular formula is C17H19N3O3. The van der Waals surface area contributed by atoms with Gasteiger partial charge in [-0.3, -0.25) is 14.9 Å². The maximum atomic E-state index is 11.3. The number of hydrogen-bond acceptors (Lipinski definition) is 4. The van der Waals surface area contributed by atoms with E-state index in [9.17, 15) is 14.9 Å². The van der Waals surface area contributed by atoms with Gasteiger partial charge in [0.2, 0.25) is 5.91 Å². The highest BCUT2D eigenvalue weighted by Crippen LogP contribution is 2.29. The van der Waals surface area contributed by atoms with Crippen LogP contribution in [0.1, 0.15) is 27.0 Å². The van der Waals surface area contributed by atoms with E-state index < -0.39 is 10.8 Å².